The molecule has 1 aromatic rings. The van der Waals surface area contributed by atoms with Gasteiger partial charge in [-0.2, -0.15) is 0 Å². The third-order valence-corrected chi connectivity index (χ3v) is 10.9. The summed E-state index contributed by atoms with van der Waals surface area (Å²) in [7, 11) is -1.72. The molecule has 0 radical (unpaired) electrons. The Morgan fingerprint density at radius 1 is 1.24 bits per heavy atom. The zero-order valence-corrected chi connectivity index (χ0v) is 18.3. The Bertz CT molecular complexity index is 575. The molecule has 0 bridgehead atoms. The van der Waals surface area contributed by atoms with Crippen molar-refractivity contribution in [2.75, 3.05) is 13.2 Å². The summed E-state index contributed by atoms with van der Waals surface area (Å²) in [4.78, 5) is 2.62. The minimum Gasteiger partial charge on any atom is -0.415 e. The van der Waals surface area contributed by atoms with Gasteiger partial charge < -0.3 is 4.43 Å². The Hall–Kier alpha value is -0.903. The molecule has 0 saturated carbocycles. The predicted molar refractivity (Wildman–Crippen MR) is 111 cm³/mol. The third kappa shape index (κ3) is 4.84. The van der Waals surface area contributed by atoms with E-state index < -0.39 is 8.32 Å². The average molecular weight is 360 g/mol. The molecule has 0 amide bonds. The molecule has 1 fully saturated rings. The molecule has 1 saturated heterocycles. The first-order valence-corrected chi connectivity index (χ1v) is 12.5. The molecule has 0 N–H and O–H groups in total. The van der Waals surface area contributed by atoms with E-state index in [0.717, 1.165) is 19.7 Å². The van der Waals surface area contributed by atoms with Crippen LogP contribution in [-0.4, -0.2) is 32.4 Å². The summed E-state index contributed by atoms with van der Waals surface area (Å²) < 4.78 is 6.61. The quantitative estimate of drug-likeness (QED) is 0.476. The van der Waals surface area contributed by atoms with E-state index in [1.54, 1.807) is 0 Å². The van der Waals surface area contributed by atoms with Crippen molar-refractivity contribution >= 4 is 8.32 Å². The van der Waals surface area contributed by atoms with Gasteiger partial charge in [0.05, 0.1) is 0 Å². The molecule has 0 aliphatic carbocycles. The van der Waals surface area contributed by atoms with Crippen molar-refractivity contribution < 1.29 is 4.43 Å². The lowest BCUT2D eigenvalue weighted by atomic mass is 9.88. The summed E-state index contributed by atoms with van der Waals surface area (Å²) in [6.07, 6.45) is 0. The van der Waals surface area contributed by atoms with Crippen LogP contribution in [0.25, 0.3) is 0 Å². The molecule has 25 heavy (non-hydrogen) atoms. The van der Waals surface area contributed by atoms with E-state index in [4.69, 9.17) is 4.43 Å². The minimum atomic E-state index is -1.72. The maximum atomic E-state index is 6.61. The highest BCUT2D eigenvalue weighted by molar-refractivity contribution is 6.74. The Kier molecular flexibility index (Phi) is 6.34. The Morgan fingerprint density at radius 2 is 1.84 bits per heavy atom. The van der Waals surface area contributed by atoms with Crippen molar-refractivity contribution in [2.24, 2.45) is 11.8 Å². The highest BCUT2D eigenvalue weighted by Crippen LogP contribution is 2.39. The van der Waals surface area contributed by atoms with Crippen molar-refractivity contribution in [2.45, 2.75) is 65.3 Å². The Morgan fingerprint density at radius 3 is 2.36 bits per heavy atom. The van der Waals surface area contributed by atoms with Crippen LogP contribution in [0.15, 0.2) is 42.5 Å². The van der Waals surface area contributed by atoms with Gasteiger partial charge in [-0.25, -0.2) is 0 Å². The number of benzene rings is 1. The maximum absolute atomic E-state index is 6.61. The van der Waals surface area contributed by atoms with Crippen molar-refractivity contribution in [3.8, 4) is 0 Å². The molecular formula is C22H37NOSi. The van der Waals surface area contributed by atoms with Crippen molar-refractivity contribution in [1.29, 1.82) is 0 Å². The number of hydrogen-bond acceptors (Lipinski definition) is 2. The van der Waals surface area contributed by atoms with Gasteiger partial charge in [0.2, 0.25) is 0 Å². The lowest BCUT2D eigenvalue weighted by Gasteiger charge is -2.38. The summed E-state index contributed by atoms with van der Waals surface area (Å²) in [5.74, 6) is 1.16. The fourth-order valence-electron chi connectivity index (χ4n) is 3.53. The maximum Gasteiger partial charge on any atom is 0.192 e. The molecule has 0 spiro atoms. The zero-order valence-electron chi connectivity index (χ0n) is 17.3. The van der Waals surface area contributed by atoms with Crippen LogP contribution in [0.3, 0.4) is 0 Å². The van der Waals surface area contributed by atoms with Gasteiger partial charge in [0, 0.05) is 25.7 Å². The summed E-state index contributed by atoms with van der Waals surface area (Å²) >= 11 is 0. The molecule has 2 rings (SSSR count). The monoisotopic (exact) mass is 359 g/mol. The molecule has 1 aliphatic rings. The first-order valence-electron chi connectivity index (χ1n) is 9.60. The van der Waals surface area contributed by atoms with Crippen molar-refractivity contribution in [3.63, 3.8) is 0 Å². The second-order valence-electron chi connectivity index (χ2n) is 9.37. The van der Waals surface area contributed by atoms with Crippen LogP contribution in [0.2, 0.25) is 18.1 Å². The molecule has 1 aliphatic heterocycles. The van der Waals surface area contributed by atoms with Gasteiger partial charge in [0.1, 0.15) is 0 Å². The van der Waals surface area contributed by atoms with Gasteiger partial charge in [-0.15, -0.1) is 0 Å². The molecule has 0 aromatic heterocycles. The van der Waals surface area contributed by atoms with Crippen LogP contribution in [0.1, 0.15) is 40.2 Å². The van der Waals surface area contributed by atoms with Gasteiger partial charge in [-0.05, 0) is 42.5 Å². The van der Waals surface area contributed by atoms with E-state index in [-0.39, 0.29) is 5.04 Å². The summed E-state index contributed by atoms with van der Waals surface area (Å²) in [5.41, 5.74) is 2.69. The normalized spacial score (nSPS) is 25.3. The fourth-order valence-corrected chi connectivity index (χ4v) is 4.55. The highest BCUT2D eigenvalue weighted by atomic mass is 28.4. The third-order valence-electron chi connectivity index (χ3n) is 6.42. The lowest BCUT2D eigenvalue weighted by molar-refractivity contribution is 0.138. The van der Waals surface area contributed by atoms with Crippen molar-refractivity contribution in [3.05, 3.63) is 48.0 Å². The largest absolute Gasteiger partial charge is 0.415 e. The fraction of sp³-hybridized carbons (Fsp3) is 0.636. The van der Waals surface area contributed by atoms with Gasteiger partial charge in [-0.3, -0.25) is 4.90 Å². The second kappa shape index (κ2) is 7.77. The molecule has 3 atom stereocenters. The van der Waals surface area contributed by atoms with Gasteiger partial charge >= 0.3 is 0 Å². The van der Waals surface area contributed by atoms with Crippen molar-refractivity contribution in [1.82, 2.24) is 4.90 Å². The van der Waals surface area contributed by atoms with Crippen LogP contribution < -0.4 is 0 Å². The summed E-state index contributed by atoms with van der Waals surface area (Å²) in [6.45, 7) is 23.4. The first kappa shape index (κ1) is 20.4. The Balaban J connectivity index is 2.14. The van der Waals surface area contributed by atoms with Crippen LogP contribution in [0.4, 0.5) is 0 Å². The SMILES string of the molecule is C=C(C)[C@H]1CN(Cc2ccccc2)[C@H](CO[Si](C)(C)C(C)(C)C)[C@H]1C. The standard InChI is InChI=1S/C22H37NOSi/c1-17(2)20-15-23(14-19-12-10-9-11-13-19)21(18(20)3)16-24-25(7,8)22(4,5)6/h9-13,18,20-21H,1,14-16H2,2-8H3/t18-,20+,21+/m0/s1. The van der Waals surface area contributed by atoms with E-state index >= 15 is 0 Å². The smallest absolute Gasteiger partial charge is 0.192 e. The van der Waals surface area contributed by atoms with Gasteiger partial charge in [-0.1, -0.05) is 70.2 Å². The summed E-state index contributed by atoms with van der Waals surface area (Å²) in [6, 6.07) is 11.3. The Labute approximate surface area is 156 Å². The number of likely N-dealkylation sites (tertiary alicyclic amines) is 1. The average Bonchev–Trinajstić information content (AvgIpc) is 2.81. The number of hydrogen-bond donors (Lipinski definition) is 0. The number of nitrogens with zero attached hydrogens (tertiary/aromatic N) is 1. The van der Waals surface area contributed by atoms with E-state index in [1.165, 1.54) is 11.1 Å². The molecule has 140 valence electrons. The second-order valence-corrected chi connectivity index (χ2v) is 14.2. The zero-order chi connectivity index (χ0) is 18.8. The summed E-state index contributed by atoms with van der Waals surface area (Å²) in [5, 5.41) is 0.257. The highest BCUT2D eigenvalue weighted by Gasteiger charge is 2.42. The van der Waals surface area contributed by atoms with Gasteiger partial charge in [0.15, 0.2) is 8.32 Å². The van der Waals surface area contributed by atoms with Crippen LogP contribution in [0.5, 0.6) is 0 Å². The predicted octanol–water partition coefficient (Wildman–Crippen LogP) is 5.72. The minimum absolute atomic E-state index is 0.257. The molecule has 0 unspecified atom stereocenters. The lowest BCUT2D eigenvalue weighted by Crippen LogP contribution is -2.45. The van der Waals surface area contributed by atoms with E-state index in [0.29, 0.717) is 17.9 Å². The molecule has 1 aromatic carbocycles. The van der Waals surface area contributed by atoms with E-state index in [2.05, 4.69) is 89.5 Å². The van der Waals surface area contributed by atoms with Crippen LogP contribution >= 0.6 is 0 Å². The van der Waals surface area contributed by atoms with Gasteiger partial charge in [0.25, 0.3) is 0 Å². The molecule has 2 nitrogen and oxygen atoms in total. The first-order chi connectivity index (χ1) is 11.5. The topological polar surface area (TPSA) is 12.5 Å². The molecule has 3 heteroatoms. The molecular weight excluding hydrogens is 322 g/mol. The molecule has 1 heterocycles. The van der Waals surface area contributed by atoms with E-state index in [9.17, 15) is 0 Å². The van der Waals surface area contributed by atoms with E-state index in [1.807, 2.05) is 0 Å². The number of rotatable bonds is 6. The van der Waals surface area contributed by atoms with Crippen LogP contribution in [-0.2, 0) is 11.0 Å². The van der Waals surface area contributed by atoms with Crippen LogP contribution in [0, 0.1) is 11.8 Å².